The molecule has 0 aromatic heterocycles. The van der Waals surface area contributed by atoms with Crippen molar-refractivity contribution in [1.82, 2.24) is 9.62 Å². The first-order valence-electron chi connectivity index (χ1n) is 6.37. The summed E-state index contributed by atoms with van der Waals surface area (Å²) < 4.78 is 26.3. The van der Waals surface area contributed by atoms with Crippen molar-refractivity contribution in [2.75, 3.05) is 20.1 Å². The van der Waals surface area contributed by atoms with Crippen LogP contribution in [0.15, 0.2) is 23.1 Å². The smallest absolute Gasteiger partial charge is 0.244 e. The highest BCUT2D eigenvalue weighted by Crippen LogP contribution is 2.25. The van der Waals surface area contributed by atoms with Crippen molar-refractivity contribution in [3.05, 3.63) is 28.8 Å². The lowest BCUT2D eigenvalue weighted by atomic mass is 10.2. The zero-order chi connectivity index (χ0) is 14.0. The van der Waals surface area contributed by atoms with Crippen LogP contribution in [0.25, 0.3) is 0 Å². The van der Waals surface area contributed by atoms with Crippen molar-refractivity contribution in [3.8, 4) is 0 Å². The first kappa shape index (κ1) is 14.8. The molecule has 1 N–H and O–H groups in total. The summed E-state index contributed by atoms with van der Waals surface area (Å²) in [4.78, 5) is 0.181. The molecule has 1 heterocycles. The van der Waals surface area contributed by atoms with E-state index in [1.807, 2.05) is 6.92 Å². The molecule has 0 aliphatic carbocycles. The second kappa shape index (κ2) is 5.79. The monoisotopic (exact) mass is 302 g/mol. The van der Waals surface area contributed by atoms with Gasteiger partial charge < -0.3 is 5.32 Å². The van der Waals surface area contributed by atoms with Crippen molar-refractivity contribution < 1.29 is 8.42 Å². The number of rotatable bonds is 4. The fraction of sp³-hybridized carbons (Fsp3) is 0.538. The van der Waals surface area contributed by atoms with Crippen LogP contribution in [0.3, 0.4) is 0 Å². The van der Waals surface area contributed by atoms with Crippen molar-refractivity contribution in [1.29, 1.82) is 0 Å². The van der Waals surface area contributed by atoms with E-state index >= 15 is 0 Å². The van der Waals surface area contributed by atoms with Crippen molar-refractivity contribution in [3.63, 3.8) is 0 Å². The van der Waals surface area contributed by atoms with Gasteiger partial charge in [-0.3, -0.25) is 0 Å². The molecule has 1 atom stereocenters. The molecule has 1 fully saturated rings. The van der Waals surface area contributed by atoms with E-state index in [0.29, 0.717) is 6.54 Å². The van der Waals surface area contributed by atoms with E-state index in [0.717, 1.165) is 24.9 Å². The molecule has 1 aliphatic heterocycles. The van der Waals surface area contributed by atoms with Gasteiger partial charge in [0, 0.05) is 19.6 Å². The summed E-state index contributed by atoms with van der Waals surface area (Å²) in [6.45, 7) is 3.32. The molecule has 106 valence electrons. The quantitative estimate of drug-likeness (QED) is 0.926. The Balaban J connectivity index is 2.20. The molecule has 1 aromatic rings. The van der Waals surface area contributed by atoms with Gasteiger partial charge in [0.15, 0.2) is 0 Å². The fourth-order valence-electron chi connectivity index (χ4n) is 2.30. The number of halogens is 1. The highest BCUT2D eigenvalue weighted by Gasteiger charge is 2.26. The van der Waals surface area contributed by atoms with E-state index in [1.54, 1.807) is 25.2 Å². The number of likely N-dealkylation sites (N-methyl/N-ethyl adjacent to an activating group) is 1. The van der Waals surface area contributed by atoms with Gasteiger partial charge in [0.2, 0.25) is 10.0 Å². The van der Waals surface area contributed by atoms with Crippen LogP contribution in [0.1, 0.15) is 18.4 Å². The van der Waals surface area contributed by atoms with Crippen LogP contribution in [0.5, 0.6) is 0 Å². The Bertz CT molecular complexity index is 554. The number of aryl methyl sites for hydroxylation is 1. The van der Waals surface area contributed by atoms with E-state index in [4.69, 9.17) is 11.6 Å². The maximum absolute atomic E-state index is 12.5. The van der Waals surface area contributed by atoms with E-state index < -0.39 is 10.0 Å². The predicted octanol–water partition coefficient (Wildman–Crippen LogP) is 2.02. The molecule has 4 nitrogen and oxygen atoms in total. The average Bonchev–Trinajstić information content (AvgIpc) is 2.81. The van der Waals surface area contributed by atoms with Gasteiger partial charge in [-0.15, -0.1) is 0 Å². The van der Waals surface area contributed by atoms with Gasteiger partial charge in [-0.1, -0.05) is 17.7 Å². The Morgan fingerprint density at radius 2 is 2.21 bits per heavy atom. The van der Waals surface area contributed by atoms with Crippen LogP contribution in [0, 0.1) is 6.92 Å². The number of hydrogen-bond acceptors (Lipinski definition) is 3. The Labute approximate surface area is 119 Å². The second-order valence-corrected chi connectivity index (χ2v) is 7.43. The molecule has 1 saturated heterocycles. The maximum Gasteiger partial charge on any atom is 0.244 e. The minimum absolute atomic E-state index is 0.181. The Morgan fingerprint density at radius 3 is 2.79 bits per heavy atom. The van der Waals surface area contributed by atoms with E-state index in [2.05, 4.69) is 5.32 Å². The van der Waals surface area contributed by atoms with Gasteiger partial charge in [-0.05, 0) is 44.0 Å². The third kappa shape index (κ3) is 3.28. The topological polar surface area (TPSA) is 49.4 Å². The van der Waals surface area contributed by atoms with Crippen LogP contribution >= 0.6 is 11.6 Å². The molecule has 1 unspecified atom stereocenters. The van der Waals surface area contributed by atoms with Gasteiger partial charge in [-0.25, -0.2) is 8.42 Å². The maximum atomic E-state index is 12.5. The van der Waals surface area contributed by atoms with E-state index in [9.17, 15) is 8.42 Å². The van der Waals surface area contributed by atoms with Crippen molar-refractivity contribution in [2.45, 2.75) is 30.7 Å². The van der Waals surface area contributed by atoms with Gasteiger partial charge in [0.05, 0.1) is 5.02 Å². The second-order valence-electron chi connectivity index (χ2n) is 5.01. The third-order valence-corrected chi connectivity index (χ3v) is 5.72. The summed E-state index contributed by atoms with van der Waals surface area (Å²) >= 11 is 6.05. The summed E-state index contributed by atoms with van der Waals surface area (Å²) in [7, 11) is -1.91. The molecule has 2 rings (SSSR count). The van der Waals surface area contributed by atoms with Crippen LogP contribution in [0.2, 0.25) is 5.02 Å². The van der Waals surface area contributed by atoms with Crippen LogP contribution < -0.4 is 5.32 Å². The third-order valence-electron chi connectivity index (χ3n) is 3.42. The van der Waals surface area contributed by atoms with Gasteiger partial charge in [0.1, 0.15) is 4.90 Å². The molecule has 19 heavy (non-hydrogen) atoms. The number of sulfonamides is 1. The Kier molecular flexibility index (Phi) is 4.50. The molecule has 0 radical (unpaired) electrons. The Hall–Kier alpha value is -0.620. The summed E-state index contributed by atoms with van der Waals surface area (Å²) in [5, 5.41) is 3.58. The molecule has 6 heteroatoms. The number of hydrogen-bond donors (Lipinski definition) is 1. The highest BCUT2D eigenvalue weighted by atomic mass is 35.5. The SMILES string of the molecule is Cc1ccc(S(=O)(=O)N(C)CC2CCCN2)c(Cl)c1. The predicted molar refractivity (Wildman–Crippen MR) is 77.0 cm³/mol. The minimum atomic E-state index is -3.51. The van der Waals surface area contributed by atoms with Crippen molar-refractivity contribution in [2.24, 2.45) is 0 Å². The molecule has 0 saturated carbocycles. The normalized spacial score (nSPS) is 20.1. The molecule has 1 aromatic carbocycles. The number of nitrogens with zero attached hydrogens (tertiary/aromatic N) is 1. The van der Waals surface area contributed by atoms with Crippen molar-refractivity contribution >= 4 is 21.6 Å². The van der Waals surface area contributed by atoms with Gasteiger partial charge in [0.25, 0.3) is 0 Å². The van der Waals surface area contributed by atoms with E-state index in [-0.39, 0.29) is 16.0 Å². The molecular weight excluding hydrogens is 284 g/mol. The summed E-state index contributed by atoms with van der Waals surface area (Å²) in [5.74, 6) is 0. The van der Waals surface area contributed by atoms with Crippen LogP contribution in [-0.2, 0) is 10.0 Å². The first-order valence-corrected chi connectivity index (χ1v) is 8.19. The lowest BCUT2D eigenvalue weighted by Gasteiger charge is -2.21. The summed E-state index contributed by atoms with van der Waals surface area (Å²) in [6.07, 6.45) is 2.12. The lowest BCUT2D eigenvalue weighted by Crippen LogP contribution is -2.38. The standard InChI is InChI=1S/C13H19ClN2O2S/c1-10-5-6-13(12(14)8-10)19(17,18)16(2)9-11-4-3-7-15-11/h5-6,8,11,15H,3-4,7,9H2,1-2H3. The zero-order valence-corrected chi connectivity index (χ0v) is 12.8. The fourth-order valence-corrected chi connectivity index (χ4v) is 4.09. The molecular formula is C13H19ClN2O2S. The first-order chi connectivity index (χ1) is 8.91. The minimum Gasteiger partial charge on any atom is -0.313 e. The lowest BCUT2D eigenvalue weighted by molar-refractivity contribution is 0.417. The molecule has 0 spiro atoms. The average molecular weight is 303 g/mol. The highest BCUT2D eigenvalue weighted by molar-refractivity contribution is 7.89. The molecule has 0 amide bonds. The number of nitrogens with one attached hydrogen (secondary N) is 1. The molecule has 0 bridgehead atoms. The van der Waals surface area contributed by atoms with Gasteiger partial charge in [-0.2, -0.15) is 4.31 Å². The van der Waals surface area contributed by atoms with E-state index in [1.165, 1.54) is 4.31 Å². The molecule has 1 aliphatic rings. The summed E-state index contributed by atoms with van der Waals surface area (Å²) in [5.41, 5.74) is 0.948. The van der Waals surface area contributed by atoms with Crippen LogP contribution in [0.4, 0.5) is 0 Å². The van der Waals surface area contributed by atoms with Gasteiger partial charge >= 0.3 is 0 Å². The number of benzene rings is 1. The largest absolute Gasteiger partial charge is 0.313 e. The van der Waals surface area contributed by atoms with Crippen LogP contribution in [-0.4, -0.2) is 38.9 Å². The zero-order valence-electron chi connectivity index (χ0n) is 11.2. The summed E-state index contributed by atoms with van der Waals surface area (Å²) in [6, 6.07) is 5.26. The Morgan fingerprint density at radius 1 is 1.47 bits per heavy atom.